The van der Waals surface area contributed by atoms with Gasteiger partial charge in [-0.15, -0.1) is 0 Å². The molecule has 0 unspecified atom stereocenters. The van der Waals surface area contributed by atoms with Gasteiger partial charge in [0.25, 0.3) is 11.5 Å². The molecule has 0 fully saturated rings. The van der Waals surface area contributed by atoms with Crippen LogP contribution in [0, 0.1) is 6.92 Å². The summed E-state index contributed by atoms with van der Waals surface area (Å²) in [6.07, 6.45) is 1.58. The molecule has 8 heteroatoms. The normalized spacial score (nSPS) is 10.6. The number of H-pyrrole nitrogens is 1. The molecular formula is C18H24N4O4. The highest BCUT2D eigenvalue weighted by atomic mass is 16.5. The molecule has 0 spiro atoms. The molecule has 1 aromatic heterocycles. The highest BCUT2D eigenvalue weighted by Crippen LogP contribution is 2.22. The smallest absolute Gasteiger partial charge is 0.330 e. The van der Waals surface area contributed by atoms with E-state index in [0.717, 1.165) is 23.3 Å². The van der Waals surface area contributed by atoms with Gasteiger partial charge in [0.2, 0.25) is 0 Å². The number of aromatic amines is 1. The molecule has 0 aliphatic rings. The third kappa shape index (κ3) is 3.63. The number of methoxy groups -OCH3 is 1. The number of benzene rings is 1. The lowest BCUT2D eigenvalue weighted by Crippen LogP contribution is -2.39. The Morgan fingerprint density at radius 3 is 2.65 bits per heavy atom. The molecule has 0 atom stereocenters. The van der Waals surface area contributed by atoms with E-state index in [1.54, 1.807) is 18.2 Å². The SMILES string of the molecule is CCCCn1c(N)c(N(C)C(=O)c2ccc(C)c(OC)c2)c(=O)[nH]c1=O. The Hall–Kier alpha value is -3.03. The number of nitrogen functional groups attached to an aromatic ring is 1. The van der Waals surface area contributed by atoms with Crippen molar-refractivity contribution >= 4 is 17.4 Å². The molecule has 140 valence electrons. The second-order valence-corrected chi connectivity index (χ2v) is 6.05. The van der Waals surface area contributed by atoms with Crippen LogP contribution in [0.2, 0.25) is 0 Å². The summed E-state index contributed by atoms with van der Waals surface area (Å²) in [5.41, 5.74) is 5.95. The predicted octanol–water partition coefficient (Wildman–Crippen LogP) is 1.51. The molecular weight excluding hydrogens is 336 g/mol. The van der Waals surface area contributed by atoms with Crippen molar-refractivity contribution in [2.24, 2.45) is 0 Å². The molecule has 0 saturated heterocycles. The highest BCUT2D eigenvalue weighted by molar-refractivity contribution is 6.07. The molecule has 0 bridgehead atoms. The Kier molecular flexibility index (Phi) is 5.86. The number of aryl methyl sites for hydroxylation is 1. The number of nitrogens with zero attached hydrogens (tertiary/aromatic N) is 2. The minimum atomic E-state index is -0.699. The Morgan fingerprint density at radius 2 is 2.04 bits per heavy atom. The van der Waals surface area contributed by atoms with Crippen molar-refractivity contribution < 1.29 is 9.53 Å². The first-order chi connectivity index (χ1) is 12.3. The second-order valence-electron chi connectivity index (χ2n) is 6.05. The van der Waals surface area contributed by atoms with Crippen molar-refractivity contribution in [3.05, 3.63) is 50.2 Å². The van der Waals surface area contributed by atoms with E-state index in [2.05, 4.69) is 4.98 Å². The van der Waals surface area contributed by atoms with Crippen LogP contribution in [-0.2, 0) is 6.54 Å². The van der Waals surface area contributed by atoms with Gasteiger partial charge in [-0.3, -0.25) is 19.1 Å². The summed E-state index contributed by atoms with van der Waals surface area (Å²) in [5, 5.41) is 0. The van der Waals surface area contributed by atoms with Gasteiger partial charge in [-0.05, 0) is 31.0 Å². The number of hydrogen-bond acceptors (Lipinski definition) is 5. The molecule has 0 aliphatic carbocycles. The van der Waals surface area contributed by atoms with Crippen LogP contribution in [0.4, 0.5) is 11.5 Å². The van der Waals surface area contributed by atoms with Crippen molar-refractivity contribution in [1.29, 1.82) is 0 Å². The molecule has 3 N–H and O–H groups in total. The van der Waals surface area contributed by atoms with Crippen molar-refractivity contribution in [2.75, 3.05) is 24.8 Å². The predicted molar refractivity (Wildman–Crippen MR) is 101 cm³/mol. The standard InChI is InChI=1S/C18H24N4O4/c1-5-6-9-22-15(19)14(16(23)20-18(22)25)21(3)17(24)12-8-7-11(2)13(10-12)26-4/h7-8,10H,5-6,9,19H2,1-4H3,(H,20,23,25). The van der Waals surface area contributed by atoms with Gasteiger partial charge in [-0.1, -0.05) is 19.4 Å². The maximum absolute atomic E-state index is 12.8. The van der Waals surface area contributed by atoms with E-state index in [1.165, 1.54) is 18.7 Å². The number of ether oxygens (including phenoxy) is 1. The van der Waals surface area contributed by atoms with E-state index in [-0.39, 0.29) is 11.5 Å². The molecule has 1 amide bonds. The van der Waals surface area contributed by atoms with Crippen LogP contribution in [-0.4, -0.2) is 29.6 Å². The maximum Gasteiger partial charge on any atom is 0.330 e. The van der Waals surface area contributed by atoms with E-state index in [4.69, 9.17) is 10.5 Å². The van der Waals surface area contributed by atoms with Gasteiger partial charge in [-0.2, -0.15) is 0 Å². The average molecular weight is 360 g/mol. The van der Waals surface area contributed by atoms with Crippen molar-refractivity contribution in [2.45, 2.75) is 33.2 Å². The molecule has 1 aromatic carbocycles. The summed E-state index contributed by atoms with van der Waals surface area (Å²) in [6.45, 7) is 4.21. The summed E-state index contributed by atoms with van der Waals surface area (Å²) in [7, 11) is 2.97. The molecule has 26 heavy (non-hydrogen) atoms. The third-order valence-corrected chi connectivity index (χ3v) is 4.24. The van der Waals surface area contributed by atoms with Crippen molar-refractivity contribution in [3.8, 4) is 5.75 Å². The molecule has 1 heterocycles. The Bertz CT molecular complexity index is 930. The van der Waals surface area contributed by atoms with Gasteiger partial charge in [0.15, 0.2) is 5.69 Å². The Morgan fingerprint density at radius 1 is 1.35 bits per heavy atom. The number of nitrogens with one attached hydrogen (secondary N) is 1. The topological polar surface area (TPSA) is 110 Å². The van der Waals surface area contributed by atoms with E-state index in [9.17, 15) is 14.4 Å². The van der Waals surface area contributed by atoms with Gasteiger partial charge in [-0.25, -0.2) is 4.79 Å². The minimum absolute atomic E-state index is 0.0258. The first-order valence-electron chi connectivity index (χ1n) is 8.37. The summed E-state index contributed by atoms with van der Waals surface area (Å²) >= 11 is 0. The largest absolute Gasteiger partial charge is 0.496 e. The molecule has 2 aromatic rings. The zero-order valence-electron chi connectivity index (χ0n) is 15.5. The number of anilines is 2. The van der Waals surface area contributed by atoms with Gasteiger partial charge >= 0.3 is 5.69 Å². The summed E-state index contributed by atoms with van der Waals surface area (Å²) < 4.78 is 6.52. The van der Waals surface area contributed by atoms with Crippen LogP contribution in [0.5, 0.6) is 5.75 Å². The number of carbonyl (C=O) groups is 1. The van der Waals surface area contributed by atoms with Crippen LogP contribution in [0.1, 0.15) is 35.7 Å². The molecule has 0 radical (unpaired) electrons. The van der Waals surface area contributed by atoms with Crippen LogP contribution in [0.25, 0.3) is 0 Å². The number of amides is 1. The lowest BCUT2D eigenvalue weighted by Gasteiger charge is -2.20. The third-order valence-electron chi connectivity index (χ3n) is 4.24. The molecule has 0 aliphatic heterocycles. The highest BCUT2D eigenvalue weighted by Gasteiger charge is 2.22. The first kappa shape index (κ1) is 19.3. The molecule has 0 saturated carbocycles. The summed E-state index contributed by atoms with van der Waals surface area (Å²) in [5.74, 6) is 0.113. The van der Waals surface area contributed by atoms with Crippen LogP contribution < -0.4 is 26.6 Å². The van der Waals surface area contributed by atoms with Crippen LogP contribution in [0.3, 0.4) is 0 Å². The van der Waals surface area contributed by atoms with Crippen molar-refractivity contribution in [1.82, 2.24) is 9.55 Å². The van der Waals surface area contributed by atoms with Gasteiger partial charge in [0.05, 0.1) is 7.11 Å². The first-order valence-corrected chi connectivity index (χ1v) is 8.37. The maximum atomic E-state index is 12.8. The van der Waals surface area contributed by atoms with Crippen LogP contribution in [0.15, 0.2) is 27.8 Å². The fourth-order valence-corrected chi connectivity index (χ4v) is 2.69. The lowest BCUT2D eigenvalue weighted by atomic mass is 10.1. The van der Waals surface area contributed by atoms with Crippen molar-refractivity contribution in [3.63, 3.8) is 0 Å². The van der Waals surface area contributed by atoms with Crippen LogP contribution >= 0.6 is 0 Å². The van der Waals surface area contributed by atoms with Gasteiger partial charge in [0, 0.05) is 19.2 Å². The van der Waals surface area contributed by atoms with E-state index < -0.39 is 17.2 Å². The molecule has 8 nitrogen and oxygen atoms in total. The van der Waals surface area contributed by atoms with Gasteiger partial charge in [0.1, 0.15) is 11.6 Å². The Balaban J connectivity index is 2.49. The number of hydrogen-bond donors (Lipinski definition) is 2. The minimum Gasteiger partial charge on any atom is -0.496 e. The van der Waals surface area contributed by atoms with E-state index in [1.807, 2.05) is 13.8 Å². The molecule has 2 rings (SSSR count). The monoisotopic (exact) mass is 360 g/mol. The number of rotatable bonds is 6. The number of aromatic nitrogens is 2. The number of nitrogens with two attached hydrogens (primary N) is 1. The quantitative estimate of drug-likeness (QED) is 0.811. The number of carbonyl (C=O) groups excluding carboxylic acids is 1. The zero-order chi connectivity index (χ0) is 19.4. The second kappa shape index (κ2) is 7.90. The summed E-state index contributed by atoms with van der Waals surface area (Å²) in [6, 6.07) is 5.01. The summed E-state index contributed by atoms with van der Waals surface area (Å²) in [4.78, 5) is 40.5. The van der Waals surface area contributed by atoms with Gasteiger partial charge < -0.3 is 15.4 Å². The van der Waals surface area contributed by atoms with E-state index >= 15 is 0 Å². The fourth-order valence-electron chi connectivity index (χ4n) is 2.69. The Labute approximate surface area is 151 Å². The zero-order valence-corrected chi connectivity index (χ0v) is 15.5. The van der Waals surface area contributed by atoms with E-state index in [0.29, 0.717) is 17.9 Å². The number of unbranched alkanes of at least 4 members (excludes halogenated alkanes) is 1. The fraction of sp³-hybridized carbons (Fsp3) is 0.389. The average Bonchev–Trinajstić information content (AvgIpc) is 2.61. The lowest BCUT2D eigenvalue weighted by molar-refractivity contribution is 0.0992.